The highest BCUT2D eigenvalue weighted by Crippen LogP contribution is 2.12. The van der Waals surface area contributed by atoms with Crippen LogP contribution in [0.2, 0.25) is 0 Å². The van der Waals surface area contributed by atoms with Crippen LogP contribution in [0, 0.1) is 0 Å². The van der Waals surface area contributed by atoms with Crippen LogP contribution >= 0.6 is 0 Å². The lowest BCUT2D eigenvalue weighted by Gasteiger charge is -2.22. The summed E-state index contributed by atoms with van der Waals surface area (Å²) in [6.45, 7) is 5.35. The molecular weight excluding hydrogens is 318 g/mol. The lowest BCUT2D eigenvalue weighted by Crippen LogP contribution is -2.44. The monoisotopic (exact) mass is 349 g/mol. The van der Waals surface area contributed by atoms with E-state index in [1.54, 1.807) is 20.8 Å². The third kappa shape index (κ3) is 9.75. The number of carbonyl (C=O) groups is 2. The molecule has 1 rings (SSSR count). The highest BCUT2D eigenvalue weighted by molar-refractivity contribution is 5.81. The van der Waals surface area contributed by atoms with Gasteiger partial charge in [0.25, 0.3) is 0 Å². The average molecular weight is 349 g/mol. The molecule has 1 aromatic rings. The van der Waals surface area contributed by atoms with Crippen molar-refractivity contribution in [2.45, 2.75) is 70.9 Å². The first kappa shape index (κ1) is 21.0. The third-order valence-corrected chi connectivity index (χ3v) is 3.73. The molecule has 25 heavy (non-hydrogen) atoms. The van der Waals surface area contributed by atoms with Crippen LogP contribution in [0.15, 0.2) is 30.3 Å². The maximum atomic E-state index is 11.8. The van der Waals surface area contributed by atoms with E-state index in [9.17, 15) is 9.59 Å². The van der Waals surface area contributed by atoms with Gasteiger partial charge in [-0.2, -0.15) is 0 Å². The number of aryl methyl sites for hydroxylation is 1. The van der Waals surface area contributed by atoms with E-state index < -0.39 is 23.7 Å². The number of carbonyl (C=O) groups excluding carboxylic acids is 2. The normalized spacial score (nSPS) is 12.3. The first-order valence-corrected chi connectivity index (χ1v) is 8.93. The predicted molar refractivity (Wildman–Crippen MR) is 98.4 cm³/mol. The molecule has 1 aromatic carbocycles. The Bertz CT molecular complexity index is 522. The smallest absolute Gasteiger partial charge is 0.408 e. The quantitative estimate of drug-likeness (QED) is 0.535. The van der Waals surface area contributed by atoms with E-state index >= 15 is 0 Å². The van der Waals surface area contributed by atoms with Crippen LogP contribution in [0.5, 0.6) is 0 Å². The molecule has 0 aromatic heterocycles. The highest BCUT2D eigenvalue weighted by atomic mass is 16.6. The van der Waals surface area contributed by atoms with Crippen molar-refractivity contribution in [3.63, 3.8) is 0 Å². The molecule has 0 saturated carbocycles. The fourth-order valence-corrected chi connectivity index (χ4v) is 2.52. The molecule has 0 radical (unpaired) electrons. The number of hydrogen-bond donors (Lipinski definition) is 1. The molecule has 0 aliphatic heterocycles. The third-order valence-electron chi connectivity index (χ3n) is 3.73. The molecule has 0 unspecified atom stereocenters. The molecule has 0 fully saturated rings. The van der Waals surface area contributed by atoms with Crippen LogP contribution in [0.3, 0.4) is 0 Å². The standard InChI is InChI=1S/C20H31NO4/c1-20(2,3)25-19(23)21-17(18(22)24-4)15-11-6-5-8-12-16-13-9-7-10-14-16/h7,9-10,13-14,17H,5-6,8,11-12,15H2,1-4H3,(H,21,23)/t17-/m1/s1. The fraction of sp³-hybridized carbons (Fsp3) is 0.600. The average Bonchev–Trinajstić information content (AvgIpc) is 2.55. The number of hydrogen-bond acceptors (Lipinski definition) is 4. The van der Waals surface area contributed by atoms with Gasteiger partial charge in [-0.3, -0.25) is 0 Å². The van der Waals surface area contributed by atoms with Gasteiger partial charge in [-0.1, -0.05) is 49.6 Å². The number of ether oxygens (including phenoxy) is 2. The molecule has 1 amide bonds. The minimum atomic E-state index is -0.658. The highest BCUT2D eigenvalue weighted by Gasteiger charge is 2.24. The molecule has 0 bridgehead atoms. The Kier molecular flexibility index (Phi) is 9.03. The first-order chi connectivity index (χ1) is 11.8. The number of amides is 1. The van der Waals surface area contributed by atoms with Gasteiger partial charge in [-0.25, -0.2) is 9.59 Å². The molecule has 0 spiro atoms. The van der Waals surface area contributed by atoms with Crippen LogP contribution in [0.4, 0.5) is 4.79 Å². The Hall–Kier alpha value is -2.04. The number of benzene rings is 1. The van der Waals surface area contributed by atoms with Gasteiger partial charge in [0, 0.05) is 0 Å². The SMILES string of the molecule is COC(=O)[C@@H](CCCCCCc1ccccc1)NC(=O)OC(C)(C)C. The van der Waals surface area contributed by atoms with Crippen molar-refractivity contribution >= 4 is 12.1 Å². The van der Waals surface area contributed by atoms with Gasteiger partial charge in [0.1, 0.15) is 11.6 Å². The largest absolute Gasteiger partial charge is 0.467 e. The zero-order chi connectivity index (χ0) is 18.7. The summed E-state index contributed by atoms with van der Waals surface area (Å²) >= 11 is 0. The van der Waals surface area contributed by atoms with E-state index in [-0.39, 0.29) is 0 Å². The van der Waals surface area contributed by atoms with Gasteiger partial charge in [0.2, 0.25) is 0 Å². The summed E-state index contributed by atoms with van der Waals surface area (Å²) in [6, 6.07) is 9.75. The zero-order valence-electron chi connectivity index (χ0n) is 15.8. The molecule has 140 valence electrons. The van der Waals surface area contributed by atoms with Crippen molar-refractivity contribution < 1.29 is 19.1 Å². The molecule has 0 heterocycles. The summed E-state index contributed by atoms with van der Waals surface area (Å²) in [5.74, 6) is -0.435. The minimum absolute atomic E-state index is 0.435. The van der Waals surface area contributed by atoms with Gasteiger partial charge < -0.3 is 14.8 Å². The van der Waals surface area contributed by atoms with Gasteiger partial charge in [-0.05, 0) is 45.6 Å². The second-order valence-corrected chi connectivity index (χ2v) is 7.16. The minimum Gasteiger partial charge on any atom is -0.467 e. The van der Waals surface area contributed by atoms with Gasteiger partial charge >= 0.3 is 12.1 Å². The second-order valence-electron chi connectivity index (χ2n) is 7.16. The molecular formula is C20H31NO4. The lowest BCUT2D eigenvalue weighted by molar-refractivity contribution is -0.143. The van der Waals surface area contributed by atoms with Crippen molar-refractivity contribution in [1.82, 2.24) is 5.32 Å². The topological polar surface area (TPSA) is 64.6 Å². The second kappa shape index (κ2) is 10.7. The van der Waals surface area contributed by atoms with E-state index in [1.807, 2.05) is 6.07 Å². The molecule has 5 nitrogen and oxygen atoms in total. The van der Waals surface area contributed by atoms with E-state index in [4.69, 9.17) is 9.47 Å². The Morgan fingerprint density at radius 1 is 1.04 bits per heavy atom. The Balaban J connectivity index is 2.28. The van der Waals surface area contributed by atoms with Gasteiger partial charge in [-0.15, -0.1) is 0 Å². The van der Waals surface area contributed by atoms with Crippen molar-refractivity contribution in [1.29, 1.82) is 0 Å². The summed E-state index contributed by atoms with van der Waals surface area (Å²) in [4.78, 5) is 23.7. The number of alkyl carbamates (subject to hydrolysis) is 1. The number of nitrogens with one attached hydrogen (secondary N) is 1. The molecule has 0 aliphatic carbocycles. The summed E-state index contributed by atoms with van der Waals surface area (Å²) in [5, 5.41) is 2.61. The van der Waals surface area contributed by atoms with E-state index in [1.165, 1.54) is 12.7 Å². The fourth-order valence-electron chi connectivity index (χ4n) is 2.52. The summed E-state index contributed by atoms with van der Waals surface area (Å²) in [7, 11) is 1.33. The summed E-state index contributed by atoms with van der Waals surface area (Å²) in [5.41, 5.74) is 0.754. The van der Waals surface area contributed by atoms with Crippen molar-refractivity contribution in [2.75, 3.05) is 7.11 Å². The van der Waals surface area contributed by atoms with E-state index in [0.29, 0.717) is 6.42 Å². The molecule has 5 heteroatoms. The molecule has 1 atom stereocenters. The predicted octanol–water partition coefficient (Wildman–Crippen LogP) is 4.25. The maximum absolute atomic E-state index is 11.8. The number of unbranched alkanes of at least 4 members (excludes halogenated alkanes) is 3. The summed E-state index contributed by atoms with van der Waals surface area (Å²) in [6.07, 6.45) is 5.10. The maximum Gasteiger partial charge on any atom is 0.408 e. The number of esters is 1. The van der Waals surface area contributed by atoms with Crippen LogP contribution in [0.1, 0.15) is 58.4 Å². The molecule has 0 saturated heterocycles. The lowest BCUT2D eigenvalue weighted by atomic mass is 10.0. The first-order valence-electron chi connectivity index (χ1n) is 8.93. The van der Waals surface area contributed by atoms with E-state index in [2.05, 4.69) is 29.6 Å². The number of rotatable bonds is 9. The van der Waals surface area contributed by atoms with Crippen LogP contribution in [0.25, 0.3) is 0 Å². The van der Waals surface area contributed by atoms with E-state index in [0.717, 1.165) is 32.1 Å². The van der Waals surface area contributed by atoms with Crippen molar-refractivity contribution in [3.8, 4) is 0 Å². The van der Waals surface area contributed by atoms with Crippen molar-refractivity contribution in [3.05, 3.63) is 35.9 Å². The zero-order valence-corrected chi connectivity index (χ0v) is 15.8. The molecule has 0 aliphatic rings. The van der Waals surface area contributed by atoms with Crippen molar-refractivity contribution in [2.24, 2.45) is 0 Å². The number of methoxy groups -OCH3 is 1. The molecule has 1 N–H and O–H groups in total. The van der Waals surface area contributed by atoms with Gasteiger partial charge in [0.05, 0.1) is 7.11 Å². The summed E-state index contributed by atoms with van der Waals surface area (Å²) < 4.78 is 9.97. The Labute approximate surface area is 151 Å². The Morgan fingerprint density at radius 3 is 2.28 bits per heavy atom. The Morgan fingerprint density at radius 2 is 1.68 bits per heavy atom. The van der Waals surface area contributed by atoms with Crippen LogP contribution in [-0.4, -0.2) is 30.8 Å². The van der Waals surface area contributed by atoms with Crippen LogP contribution < -0.4 is 5.32 Å². The van der Waals surface area contributed by atoms with Gasteiger partial charge in [0.15, 0.2) is 0 Å². The van der Waals surface area contributed by atoms with Crippen LogP contribution in [-0.2, 0) is 20.7 Å².